The van der Waals surface area contributed by atoms with Crippen LogP contribution in [0.2, 0.25) is 0 Å². The molecule has 2 saturated carbocycles. The first-order chi connectivity index (χ1) is 9.83. The topological polar surface area (TPSA) is 46.9 Å². The lowest BCUT2D eigenvalue weighted by atomic mass is 9.97. The van der Waals surface area contributed by atoms with Crippen molar-refractivity contribution in [1.82, 2.24) is 15.1 Å². The Bertz CT molecular complexity index is 522. The van der Waals surface area contributed by atoms with Crippen molar-refractivity contribution in [1.29, 1.82) is 0 Å². The molecule has 1 amide bonds. The van der Waals surface area contributed by atoms with Gasteiger partial charge in [0.05, 0.1) is 17.5 Å². The molecule has 3 atom stereocenters. The summed E-state index contributed by atoms with van der Waals surface area (Å²) < 4.78 is 2.02. The van der Waals surface area contributed by atoms with Crippen molar-refractivity contribution in [2.24, 2.45) is 11.8 Å². The highest BCUT2D eigenvalue weighted by Crippen LogP contribution is 2.44. The zero-order valence-electron chi connectivity index (χ0n) is 12.0. The Morgan fingerprint density at radius 3 is 3.10 bits per heavy atom. The fraction of sp³-hybridized carbons (Fsp3) is 0.750. The highest BCUT2D eigenvalue weighted by Gasteiger charge is 2.40. The van der Waals surface area contributed by atoms with E-state index in [0.29, 0.717) is 6.04 Å². The van der Waals surface area contributed by atoms with E-state index in [1.807, 2.05) is 4.68 Å². The predicted octanol–water partition coefficient (Wildman–Crippen LogP) is 2.53. The molecule has 1 aliphatic heterocycles. The van der Waals surface area contributed by atoms with Gasteiger partial charge in [0, 0.05) is 12.6 Å². The average molecular weight is 273 g/mol. The summed E-state index contributed by atoms with van der Waals surface area (Å²) in [6.07, 6.45) is 11.7. The number of nitrogens with one attached hydrogen (secondary N) is 1. The van der Waals surface area contributed by atoms with E-state index in [0.717, 1.165) is 36.1 Å². The van der Waals surface area contributed by atoms with Crippen LogP contribution in [0, 0.1) is 11.8 Å². The predicted molar refractivity (Wildman–Crippen MR) is 76.5 cm³/mol. The number of hydrogen-bond donors (Lipinski definition) is 1. The molecule has 2 fully saturated rings. The van der Waals surface area contributed by atoms with E-state index in [9.17, 15) is 4.79 Å². The molecule has 4 nitrogen and oxygen atoms in total. The van der Waals surface area contributed by atoms with Gasteiger partial charge in [0.25, 0.3) is 5.91 Å². The van der Waals surface area contributed by atoms with Crippen LogP contribution < -0.4 is 5.32 Å². The Kier molecular flexibility index (Phi) is 3.04. The number of nitrogens with zero attached hydrogens (tertiary/aromatic N) is 2. The van der Waals surface area contributed by atoms with Crippen molar-refractivity contribution < 1.29 is 4.79 Å². The minimum atomic E-state index is 0.116. The van der Waals surface area contributed by atoms with E-state index in [1.165, 1.54) is 44.9 Å². The molecule has 0 aromatic carbocycles. The molecule has 1 aromatic rings. The van der Waals surface area contributed by atoms with Crippen LogP contribution in [0.1, 0.15) is 61.0 Å². The number of hydrogen-bond acceptors (Lipinski definition) is 2. The van der Waals surface area contributed by atoms with Crippen molar-refractivity contribution >= 4 is 5.91 Å². The maximum absolute atomic E-state index is 12.6. The van der Waals surface area contributed by atoms with Crippen LogP contribution in [0.15, 0.2) is 6.20 Å². The Morgan fingerprint density at radius 2 is 2.15 bits per heavy atom. The van der Waals surface area contributed by atoms with Crippen LogP contribution in [0.25, 0.3) is 0 Å². The van der Waals surface area contributed by atoms with Gasteiger partial charge in [0.2, 0.25) is 0 Å². The van der Waals surface area contributed by atoms with Gasteiger partial charge in [0.1, 0.15) is 0 Å². The molecule has 1 aromatic heterocycles. The molecule has 20 heavy (non-hydrogen) atoms. The summed E-state index contributed by atoms with van der Waals surface area (Å²) in [5, 5.41) is 7.69. The highest BCUT2D eigenvalue weighted by atomic mass is 16.1. The molecule has 2 aliphatic carbocycles. The van der Waals surface area contributed by atoms with Gasteiger partial charge in [-0.2, -0.15) is 5.10 Å². The molecule has 4 heteroatoms. The third-order valence-corrected chi connectivity index (χ3v) is 5.63. The number of aromatic nitrogens is 2. The third kappa shape index (κ3) is 1.97. The Morgan fingerprint density at radius 1 is 1.20 bits per heavy atom. The number of carbonyl (C=O) groups is 1. The molecule has 0 saturated heterocycles. The first kappa shape index (κ1) is 12.4. The largest absolute Gasteiger partial charge is 0.349 e. The average Bonchev–Trinajstić information content (AvgIpc) is 3.14. The van der Waals surface area contributed by atoms with Gasteiger partial charge in [-0.25, -0.2) is 0 Å². The van der Waals surface area contributed by atoms with E-state index in [4.69, 9.17) is 0 Å². The SMILES string of the molecule is O=C(N[C@@H]1CC[C@H]2CCC[C@H]21)c1cnn2c1CCCC2. The van der Waals surface area contributed by atoms with Crippen LogP contribution >= 0.6 is 0 Å². The molecule has 108 valence electrons. The highest BCUT2D eigenvalue weighted by molar-refractivity contribution is 5.95. The zero-order chi connectivity index (χ0) is 13.5. The summed E-state index contributed by atoms with van der Waals surface area (Å²) in [6, 6.07) is 0.411. The molecule has 0 bridgehead atoms. The number of aryl methyl sites for hydroxylation is 1. The monoisotopic (exact) mass is 273 g/mol. The lowest BCUT2D eigenvalue weighted by Gasteiger charge is -2.20. The van der Waals surface area contributed by atoms with Crippen molar-refractivity contribution in [3.8, 4) is 0 Å². The molecule has 0 radical (unpaired) electrons. The summed E-state index contributed by atoms with van der Waals surface area (Å²) in [5.74, 6) is 1.73. The van der Waals surface area contributed by atoms with Gasteiger partial charge >= 0.3 is 0 Å². The normalized spacial score (nSPS) is 31.9. The van der Waals surface area contributed by atoms with Crippen molar-refractivity contribution in [3.05, 3.63) is 17.5 Å². The summed E-state index contributed by atoms with van der Waals surface area (Å²) >= 11 is 0. The second kappa shape index (κ2) is 4.90. The van der Waals surface area contributed by atoms with Crippen LogP contribution in [0.3, 0.4) is 0 Å². The van der Waals surface area contributed by atoms with Gasteiger partial charge in [0.15, 0.2) is 0 Å². The Hall–Kier alpha value is -1.32. The summed E-state index contributed by atoms with van der Waals surface area (Å²) in [7, 11) is 0. The first-order valence-corrected chi connectivity index (χ1v) is 8.18. The van der Waals surface area contributed by atoms with E-state index in [2.05, 4.69) is 10.4 Å². The summed E-state index contributed by atoms with van der Waals surface area (Å²) in [6.45, 7) is 0.969. The van der Waals surface area contributed by atoms with Gasteiger partial charge in [-0.15, -0.1) is 0 Å². The molecule has 3 aliphatic rings. The van der Waals surface area contributed by atoms with Gasteiger partial charge in [-0.3, -0.25) is 9.48 Å². The van der Waals surface area contributed by atoms with E-state index >= 15 is 0 Å². The van der Waals surface area contributed by atoms with Crippen molar-refractivity contribution in [2.75, 3.05) is 0 Å². The van der Waals surface area contributed by atoms with Gasteiger partial charge in [-0.1, -0.05) is 12.8 Å². The number of rotatable bonds is 2. The van der Waals surface area contributed by atoms with Crippen LogP contribution in [0.5, 0.6) is 0 Å². The Balaban J connectivity index is 1.49. The fourth-order valence-electron chi connectivity index (χ4n) is 4.60. The molecular formula is C16H23N3O. The van der Waals surface area contributed by atoms with E-state index in [1.54, 1.807) is 6.20 Å². The molecule has 4 rings (SSSR count). The maximum atomic E-state index is 12.6. The quantitative estimate of drug-likeness (QED) is 0.900. The summed E-state index contributed by atoms with van der Waals surface area (Å²) in [5.41, 5.74) is 1.97. The lowest BCUT2D eigenvalue weighted by Crippen LogP contribution is -2.38. The molecule has 2 heterocycles. The number of fused-ring (bicyclic) bond motifs is 2. The first-order valence-electron chi connectivity index (χ1n) is 8.18. The van der Waals surface area contributed by atoms with Crippen LogP contribution in [0.4, 0.5) is 0 Å². The summed E-state index contributed by atoms with van der Waals surface area (Å²) in [4.78, 5) is 12.6. The smallest absolute Gasteiger partial charge is 0.254 e. The van der Waals surface area contributed by atoms with E-state index < -0.39 is 0 Å². The minimum absolute atomic E-state index is 0.116. The number of amides is 1. The van der Waals surface area contributed by atoms with Crippen molar-refractivity contribution in [3.63, 3.8) is 0 Å². The molecular weight excluding hydrogens is 250 g/mol. The van der Waals surface area contributed by atoms with Gasteiger partial charge in [-0.05, 0) is 50.4 Å². The standard InChI is InChI=1S/C16H23N3O/c20-16(13-10-17-19-9-2-1-6-15(13)19)18-14-8-7-11-4-3-5-12(11)14/h10-12,14H,1-9H2,(H,18,20)/t11-,12-,14-/m1/s1. The molecule has 0 spiro atoms. The van der Waals surface area contributed by atoms with Crippen molar-refractivity contribution in [2.45, 2.75) is 64.0 Å². The fourth-order valence-corrected chi connectivity index (χ4v) is 4.60. The Labute approximate surface area is 119 Å². The number of carbonyl (C=O) groups excluding carboxylic acids is 1. The minimum Gasteiger partial charge on any atom is -0.349 e. The van der Waals surface area contributed by atoms with E-state index in [-0.39, 0.29) is 5.91 Å². The zero-order valence-corrected chi connectivity index (χ0v) is 12.0. The lowest BCUT2D eigenvalue weighted by molar-refractivity contribution is 0.0925. The maximum Gasteiger partial charge on any atom is 0.254 e. The molecule has 0 unspecified atom stereocenters. The van der Waals surface area contributed by atoms with Crippen LogP contribution in [-0.2, 0) is 13.0 Å². The second-order valence-corrected chi connectivity index (χ2v) is 6.70. The second-order valence-electron chi connectivity index (χ2n) is 6.70. The van der Waals surface area contributed by atoms with Crippen LogP contribution in [-0.4, -0.2) is 21.7 Å². The third-order valence-electron chi connectivity index (χ3n) is 5.63. The van der Waals surface area contributed by atoms with Gasteiger partial charge < -0.3 is 5.32 Å². The molecule has 1 N–H and O–H groups in total.